The number of carbonyl (C=O) groups excluding carboxylic acids is 2. The van der Waals surface area contributed by atoms with Crippen molar-refractivity contribution in [2.75, 3.05) is 48.9 Å². The number of nitrogens with one attached hydrogen (secondary N) is 3. The van der Waals surface area contributed by atoms with Crippen molar-refractivity contribution in [3.63, 3.8) is 0 Å². The maximum Gasteiger partial charge on any atom is 0.318 e. The summed E-state index contributed by atoms with van der Waals surface area (Å²) in [5.41, 5.74) is 3.65. The second kappa shape index (κ2) is 10.0. The predicted molar refractivity (Wildman–Crippen MR) is 138 cm³/mol. The van der Waals surface area contributed by atoms with E-state index < -0.39 is 0 Å². The van der Waals surface area contributed by atoms with E-state index in [-0.39, 0.29) is 11.9 Å². The lowest BCUT2D eigenvalue weighted by molar-refractivity contribution is -0.114. The highest BCUT2D eigenvalue weighted by Gasteiger charge is 2.21. The number of aromatic nitrogens is 4. The van der Waals surface area contributed by atoms with Crippen LogP contribution >= 0.6 is 0 Å². The van der Waals surface area contributed by atoms with Crippen molar-refractivity contribution in [2.45, 2.75) is 6.92 Å². The summed E-state index contributed by atoms with van der Waals surface area (Å²) in [6.07, 6.45) is 1.78. The van der Waals surface area contributed by atoms with Gasteiger partial charge in [-0.25, -0.2) is 19.4 Å². The molecule has 0 spiro atoms. The second-order valence-corrected chi connectivity index (χ2v) is 8.27. The molecule has 1 aliphatic heterocycles. The molecule has 0 aliphatic carbocycles. The van der Waals surface area contributed by atoms with Gasteiger partial charge in [-0.05, 0) is 48.5 Å². The zero-order valence-electron chi connectivity index (χ0n) is 20.0. The highest BCUT2D eigenvalue weighted by Crippen LogP contribution is 2.30. The van der Waals surface area contributed by atoms with Crippen LogP contribution in [0.3, 0.4) is 0 Å². The highest BCUT2D eigenvalue weighted by atomic mass is 16.5. The molecule has 11 nitrogen and oxygen atoms in total. The van der Waals surface area contributed by atoms with Crippen molar-refractivity contribution < 1.29 is 14.3 Å². The number of rotatable bonds is 5. The normalized spacial score (nSPS) is 13.4. The number of carbonyl (C=O) groups is 2. The van der Waals surface area contributed by atoms with E-state index in [4.69, 9.17) is 14.7 Å². The number of anilines is 3. The topological polar surface area (TPSA) is 126 Å². The van der Waals surface area contributed by atoms with Crippen LogP contribution in [0.1, 0.15) is 6.92 Å². The number of hydrogen-bond acceptors (Lipinski definition) is 7. The zero-order chi connectivity index (χ0) is 25.1. The maximum absolute atomic E-state index is 11.6. The first-order chi connectivity index (χ1) is 17.5. The lowest BCUT2D eigenvalue weighted by Crippen LogP contribution is -2.37. The molecule has 0 unspecified atom stereocenters. The number of fused-ring (bicyclic) bond motifs is 1. The Hall–Kier alpha value is -4.51. The quantitative estimate of drug-likeness (QED) is 0.396. The predicted octanol–water partition coefficient (Wildman–Crippen LogP) is 3.03. The van der Waals surface area contributed by atoms with Crippen LogP contribution in [0.4, 0.5) is 22.0 Å². The minimum atomic E-state index is -0.288. The van der Waals surface area contributed by atoms with Gasteiger partial charge < -0.3 is 25.6 Å². The number of amides is 3. The van der Waals surface area contributed by atoms with Crippen molar-refractivity contribution in [3.05, 3.63) is 54.7 Å². The van der Waals surface area contributed by atoms with Crippen LogP contribution in [0, 0.1) is 0 Å². The van der Waals surface area contributed by atoms with E-state index in [0.717, 1.165) is 35.5 Å². The molecule has 184 valence electrons. The van der Waals surface area contributed by atoms with Crippen molar-refractivity contribution in [3.8, 4) is 17.1 Å². The average Bonchev–Trinajstić information content (AvgIpc) is 3.33. The number of morpholine rings is 1. The molecule has 0 saturated carbocycles. The average molecular weight is 487 g/mol. The van der Waals surface area contributed by atoms with E-state index in [0.29, 0.717) is 36.1 Å². The van der Waals surface area contributed by atoms with E-state index in [9.17, 15) is 9.59 Å². The Labute approximate surface area is 207 Å². The molecule has 0 bridgehead atoms. The first-order valence-corrected chi connectivity index (χ1v) is 11.6. The van der Waals surface area contributed by atoms with Crippen LogP contribution < -0.4 is 20.9 Å². The highest BCUT2D eigenvalue weighted by molar-refractivity contribution is 5.91. The minimum absolute atomic E-state index is 0.128. The molecule has 0 radical (unpaired) electrons. The van der Waals surface area contributed by atoms with Crippen molar-refractivity contribution in [2.24, 2.45) is 0 Å². The number of benzene rings is 2. The molecular formula is C25H26N8O3. The van der Waals surface area contributed by atoms with Gasteiger partial charge >= 0.3 is 6.03 Å². The molecule has 3 amide bonds. The van der Waals surface area contributed by atoms with Gasteiger partial charge in [-0.3, -0.25) is 4.79 Å². The summed E-state index contributed by atoms with van der Waals surface area (Å²) in [6.45, 7) is 4.16. The molecule has 36 heavy (non-hydrogen) atoms. The van der Waals surface area contributed by atoms with Crippen LogP contribution in [-0.2, 0) is 9.53 Å². The first kappa shape index (κ1) is 23.2. The largest absolute Gasteiger partial charge is 0.378 e. The summed E-state index contributed by atoms with van der Waals surface area (Å²) in [5, 5.41) is 13.5. The standard InChI is InChI=1S/C25H26N8O3/c1-16(34)28-18-7-9-20(10-8-18)33-24-21(15-27-33)23(32-11-13-36-14-12-32)30-22(31-24)17-3-5-19(6-4-17)29-25(35)26-2/h3-10,15H,11-14H2,1-2H3,(H,28,34)(H2,26,29,35). The van der Waals surface area contributed by atoms with Gasteiger partial charge in [0, 0.05) is 44.0 Å². The van der Waals surface area contributed by atoms with E-state index >= 15 is 0 Å². The van der Waals surface area contributed by atoms with Gasteiger partial charge in [0.05, 0.1) is 30.5 Å². The van der Waals surface area contributed by atoms with E-state index in [1.165, 1.54) is 6.92 Å². The molecule has 4 aromatic rings. The van der Waals surface area contributed by atoms with Crippen LogP contribution in [-0.4, -0.2) is 65.0 Å². The number of ether oxygens (including phenoxy) is 1. The SMILES string of the molecule is CNC(=O)Nc1ccc(-c2nc(N3CCOCC3)c3cnn(-c4ccc(NC(C)=O)cc4)c3n2)cc1. The Morgan fingerprint density at radius 3 is 2.25 bits per heavy atom. The van der Waals surface area contributed by atoms with Crippen molar-refractivity contribution in [1.82, 2.24) is 25.1 Å². The molecule has 3 N–H and O–H groups in total. The number of hydrogen-bond donors (Lipinski definition) is 3. The lowest BCUT2D eigenvalue weighted by Gasteiger charge is -2.28. The molecule has 3 heterocycles. The van der Waals surface area contributed by atoms with Gasteiger partial charge in [0.25, 0.3) is 0 Å². The Kier molecular flexibility index (Phi) is 6.46. The second-order valence-electron chi connectivity index (χ2n) is 8.27. The molecular weight excluding hydrogens is 460 g/mol. The fourth-order valence-electron chi connectivity index (χ4n) is 4.01. The minimum Gasteiger partial charge on any atom is -0.378 e. The van der Waals surface area contributed by atoms with Gasteiger partial charge in [0.15, 0.2) is 11.5 Å². The summed E-state index contributed by atoms with van der Waals surface area (Å²) >= 11 is 0. The van der Waals surface area contributed by atoms with Crippen LogP contribution in [0.25, 0.3) is 28.1 Å². The fraction of sp³-hybridized carbons (Fsp3) is 0.240. The Morgan fingerprint density at radius 2 is 1.58 bits per heavy atom. The van der Waals surface area contributed by atoms with Crippen molar-refractivity contribution in [1.29, 1.82) is 0 Å². The lowest BCUT2D eigenvalue weighted by atomic mass is 10.2. The first-order valence-electron chi connectivity index (χ1n) is 11.6. The summed E-state index contributed by atoms with van der Waals surface area (Å²) in [6, 6.07) is 14.5. The molecule has 0 atom stereocenters. The number of nitrogens with zero attached hydrogens (tertiary/aromatic N) is 5. The molecule has 2 aromatic carbocycles. The Balaban J connectivity index is 1.57. The zero-order valence-corrected chi connectivity index (χ0v) is 20.0. The summed E-state index contributed by atoms with van der Waals surface area (Å²) in [5.74, 6) is 1.22. The van der Waals surface area contributed by atoms with E-state index in [1.54, 1.807) is 17.9 Å². The van der Waals surface area contributed by atoms with Gasteiger partial charge in [0.1, 0.15) is 5.82 Å². The van der Waals surface area contributed by atoms with E-state index in [2.05, 4.69) is 25.9 Å². The third-order valence-corrected chi connectivity index (χ3v) is 5.78. The smallest absolute Gasteiger partial charge is 0.318 e. The Morgan fingerprint density at radius 1 is 0.917 bits per heavy atom. The molecule has 1 saturated heterocycles. The molecule has 5 rings (SSSR count). The van der Waals surface area contributed by atoms with Crippen LogP contribution in [0.2, 0.25) is 0 Å². The maximum atomic E-state index is 11.6. The molecule has 1 fully saturated rings. The molecule has 11 heteroatoms. The van der Waals surface area contributed by atoms with Crippen molar-refractivity contribution >= 4 is 40.2 Å². The number of urea groups is 1. The molecule has 1 aliphatic rings. The van der Waals surface area contributed by atoms with Gasteiger partial charge in [0.2, 0.25) is 5.91 Å². The summed E-state index contributed by atoms with van der Waals surface area (Å²) < 4.78 is 7.31. The van der Waals surface area contributed by atoms with Gasteiger partial charge in [-0.1, -0.05) is 0 Å². The summed E-state index contributed by atoms with van der Waals surface area (Å²) in [4.78, 5) is 35.0. The summed E-state index contributed by atoms with van der Waals surface area (Å²) in [7, 11) is 1.57. The van der Waals surface area contributed by atoms with E-state index in [1.807, 2.05) is 48.5 Å². The fourth-order valence-corrected chi connectivity index (χ4v) is 4.01. The third kappa shape index (κ3) is 4.82. The van der Waals surface area contributed by atoms with Gasteiger partial charge in [-0.15, -0.1) is 0 Å². The third-order valence-electron chi connectivity index (χ3n) is 5.78. The monoisotopic (exact) mass is 486 g/mol. The molecule has 2 aromatic heterocycles. The van der Waals surface area contributed by atoms with Crippen LogP contribution in [0.15, 0.2) is 54.7 Å². The van der Waals surface area contributed by atoms with Gasteiger partial charge in [-0.2, -0.15) is 5.10 Å². The Bertz CT molecular complexity index is 1390. The van der Waals surface area contributed by atoms with Crippen LogP contribution in [0.5, 0.6) is 0 Å².